The summed E-state index contributed by atoms with van der Waals surface area (Å²) < 4.78 is 16.2. The quantitative estimate of drug-likeness (QED) is 0.484. The highest BCUT2D eigenvalue weighted by Gasteiger charge is 2.23. The van der Waals surface area contributed by atoms with E-state index in [1.807, 2.05) is 52.8 Å². The summed E-state index contributed by atoms with van der Waals surface area (Å²) in [5.74, 6) is 0. The van der Waals surface area contributed by atoms with Crippen molar-refractivity contribution in [2.75, 3.05) is 33.5 Å². The molecule has 6 nitrogen and oxygen atoms in total. The van der Waals surface area contributed by atoms with Gasteiger partial charge in [0.1, 0.15) is 0 Å². The topological polar surface area (TPSA) is 68.8 Å². The van der Waals surface area contributed by atoms with E-state index in [9.17, 15) is 4.79 Å². The summed E-state index contributed by atoms with van der Waals surface area (Å²) in [6, 6.07) is 7.76. The number of hydrogen-bond acceptors (Lipinski definition) is 4. The normalized spacial score (nSPS) is 13.6. The molecule has 0 aliphatic rings. The Hall–Kier alpha value is -1.89. The molecule has 2 unspecified atom stereocenters. The Morgan fingerprint density at radius 3 is 2.45 bits per heavy atom. The van der Waals surface area contributed by atoms with Crippen LogP contribution in [-0.2, 0) is 19.7 Å². The van der Waals surface area contributed by atoms with Crippen molar-refractivity contribution >= 4 is 11.6 Å². The lowest BCUT2D eigenvalue weighted by Gasteiger charge is -2.28. The minimum Gasteiger partial charge on any atom is -0.379 e. The van der Waals surface area contributed by atoms with Crippen LogP contribution >= 0.6 is 0 Å². The lowest BCUT2D eigenvalue weighted by Crippen LogP contribution is -2.49. The Balaban J connectivity index is 2.32. The van der Waals surface area contributed by atoms with E-state index in [1.54, 1.807) is 7.11 Å². The zero-order valence-electron chi connectivity index (χ0n) is 18.8. The van der Waals surface area contributed by atoms with Crippen molar-refractivity contribution < 1.29 is 19.0 Å². The molecule has 0 spiro atoms. The maximum absolute atomic E-state index is 12.4. The van der Waals surface area contributed by atoms with E-state index in [2.05, 4.69) is 23.3 Å². The fraction of sp³-hybridized carbons (Fsp3) is 0.609. The van der Waals surface area contributed by atoms with Gasteiger partial charge >= 0.3 is 6.03 Å². The Morgan fingerprint density at radius 1 is 1.17 bits per heavy atom. The van der Waals surface area contributed by atoms with E-state index in [0.717, 1.165) is 23.1 Å². The highest BCUT2D eigenvalue weighted by molar-refractivity contribution is 5.75. The van der Waals surface area contributed by atoms with Crippen LogP contribution in [0.2, 0.25) is 0 Å². The molecular weight excluding hydrogens is 368 g/mol. The van der Waals surface area contributed by atoms with Gasteiger partial charge in [-0.3, -0.25) is 0 Å². The predicted molar refractivity (Wildman–Crippen MR) is 118 cm³/mol. The van der Waals surface area contributed by atoms with Crippen LogP contribution in [0.1, 0.15) is 52.2 Å². The van der Waals surface area contributed by atoms with Gasteiger partial charge in [0.05, 0.1) is 30.9 Å². The molecule has 164 valence electrons. The van der Waals surface area contributed by atoms with Crippen molar-refractivity contribution in [1.82, 2.24) is 10.6 Å². The molecule has 1 aromatic rings. The van der Waals surface area contributed by atoms with E-state index in [0.29, 0.717) is 26.4 Å². The predicted octanol–water partition coefficient (Wildman–Crippen LogP) is 4.10. The number of nitrogens with one attached hydrogen (secondary N) is 2. The van der Waals surface area contributed by atoms with Gasteiger partial charge in [0, 0.05) is 20.3 Å². The minimum absolute atomic E-state index is 0.0954. The Morgan fingerprint density at radius 2 is 1.83 bits per heavy atom. The fourth-order valence-corrected chi connectivity index (χ4v) is 2.67. The van der Waals surface area contributed by atoms with Gasteiger partial charge < -0.3 is 24.8 Å². The molecule has 1 rings (SSSR count). The minimum atomic E-state index is -0.507. The first-order chi connectivity index (χ1) is 13.7. The van der Waals surface area contributed by atoms with Crippen LogP contribution in [0.3, 0.4) is 0 Å². The molecule has 0 heterocycles. The molecule has 1 aromatic carbocycles. The van der Waals surface area contributed by atoms with Gasteiger partial charge in [-0.15, -0.1) is 0 Å². The standard InChI is InChI=1S/C23H38N2O4/c1-17(2)20-10-8-11-21(14-20)23(5,6)25-22(26)24-18(3)15-28-12-9-13-29-16-19(4)27-7/h8,10-11,14,18-19H,1,9,12-13,15-16H2,2-7H3,(H2,24,25,26). The lowest BCUT2D eigenvalue weighted by molar-refractivity contribution is 0.00949. The van der Waals surface area contributed by atoms with Crippen LogP contribution in [0.15, 0.2) is 30.8 Å². The SMILES string of the molecule is C=C(C)c1cccc(C(C)(C)NC(=O)NC(C)COCCCOCC(C)OC)c1. The lowest BCUT2D eigenvalue weighted by atomic mass is 9.92. The number of carbonyl (C=O) groups is 1. The van der Waals surface area contributed by atoms with E-state index >= 15 is 0 Å². The summed E-state index contributed by atoms with van der Waals surface area (Å²) in [6.45, 7) is 16.1. The summed E-state index contributed by atoms with van der Waals surface area (Å²) in [7, 11) is 1.67. The summed E-state index contributed by atoms with van der Waals surface area (Å²) in [5, 5.41) is 5.96. The summed E-state index contributed by atoms with van der Waals surface area (Å²) in [5.41, 5.74) is 2.59. The molecule has 0 aliphatic carbocycles. The van der Waals surface area contributed by atoms with Crippen molar-refractivity contribution in [2.45, 2.75) is 58.7 Å². The fourth-order valence-electron chi connectivity index (χ4n) is 2.67. The van der Waals surface area contributed by atoms with Crippen LogP contribution in [0.4, 0.5) is 4.79 Å². The monoisotopic (exact) mass is 406 g/mol. The average Bonchev–Trinajstić information content (AvgIpc) is 2.66. The number of rotatable bonds is 13. The van der Waals surface area contributed by atoms with Gasteiger partial charge in [0.25, 0.3) is 0 Å². The molecule has 0 bridgehead atoms. The molecule has 29 heavy (non-hydrogen) atoms. The zero-order chi connectivity index (χ0) is 21.9. The summed E-state index contributed by atoms with van der Waals surface area (Å²) >= 11 is 0. The number of methoxy groups -OCH3 is 1. The Labute approximate surface area is 176 Å². The molecule has 0 fully saturated rings. The first-order valence-corrected chi connectivity index (χ1v) is 10.2. The van der Waals surface area contributed by atoms with Gasteiger partial charge in [-0.2, -0.15) is 0 Å². The van der Waals surface area contributed by atoms with Crippen molar-refractivity contribution in [1.29, 1.82) is 0 Å². The number of ether oxygens (including phenoxy) is 3. The Bertz CT molecular complexity index is 646. The highest BCUT2D eigenvalue weighted by Crippen LogP contribution is 2.23. The van der Waals surface area contributed by atoms with Gasteiger partial charge in [-0.05, 0) is 58.2 Å². The molecule has 0 aliphatic heterocycles. The molecule has 2 atom stereocenters. The highest BCUT2D eigenvalue weighted by atomic mass is 16.5. The number of hydrogen-bond donors (Lipinski definition) is 2. The van der Waals surface area contributed by atoms with Crippen LogP contribution in [0, 0.1) is 0 Å². The summed E-state index contributed by atoms with van der Waals surface area (Å²) in [4.78, 5) is 12.4. The van der Waals surface area contributed by atoms with E-state index in [4.69, 9.17) is 14.2 Å². The number of benzene rings is 1. The van der Waals surface area contributed by atoms with Crippen LogP contribution in [0.25, 0.3) is 5.57 Å². The van der Waals surface area contributed by atoms with Gasteiger partial charge in [0.15, 0.2) is 0 Å². The second-order valence-corrected chi connectivity index (χ2v) is 8.04. The number of urea groups is 1. The first kappa shape index (κ1) is 25.1. The molecule has 2 N–H and O–H groups in total. The van der Waals surface area contributed by atoms with Gasteiger partial charge in [-0.1, -0.05) is 30.4 Å². The first-order valence-electron chi connectivity index (χ1n) is 10.2. The largest absolute Gasteiger partial charge is 0.379 e. The van der Waals surface area contributed by atoms with Crippen molar-refractivity contribution in [2.24, 2.45) is 0 Å². The second kappa shape index (κ2) is 12.6. The molecule has 6 heteroatoms. The Kier molecular flexibility index (Phi) is 10.9. The van der Waals surface area contributed by atoms with Crippen LogP contribution < -0.4 is 10.6 Å². The molecule has 0 saturated heterocycles. The average molecular weight is 407 g/mol. The number of allylic oxidation sites excluding steroid dienone is 1. The second-order valence-electron chi connectivity index (χ2n) is 8.04. The third-order valence-electron chi connectivity index (χ3n) is 4.58. The maximum Gasteiger partial charge on any atom is 0.315 e. The van der Waals surface area contributed by atoms with Gasteiger partial charge in [-0.25, -0.2) is 4.79 Å². The molecular formula is C23H38N2O4. The molecule has 2 amide bonds. The van der Waals surface area contributed by atoms with Crippen LogP contribution in [-0.4, -0.2) is 51.7 Å². The number of carbonyl (C=O) groups excluding carboxylic acids is 1. The van der Waals surface area contributed by atoms with Crippen molar-refractivity contribution in [3.05, 3.63) is 42.0 Å². The third-order valence-corrected chi connectivity index (χ3v) is 4.58. The molecule has 0 radical (unpaired) electrons. The molecule has 0 aromatic heterocycles. The van der Waals surface area contributed by atoms with E-state index in [1.165, 1.54) is 0 Å². The molecule has 0 saturated carbocycles. The van der Waals surface area contributed by atoms with E-state index < -0.39 is 5.54 Å². The van der Waals surface area contributed by atoms with Crippen molar-refractivity contribution in [3.63, 3.8) is 0 Å². The number of amides is 2. The summed E-state index contributed by atoms with van der Waals surface area (Å²) in [6.07, 6.45) is 0.910. The van der Waals surface area contributed by atoms with Gasteiger partial charge in [0.2, 0.25) is 0 Å². The van der Waals surface area contributed by atoms with Crippen molar-refractivity contribution in [3.8, 4) is 0 Å². The van der Waals surface area contributed by atoms with Crippen LogP contribution in [0.5, 0.6) is 0 Å². The maximum atomic E-state index is 12.4. The smallest absolute Gasteiger partial charge is 0.315 e. The zero-order valence-corrected chi connectivity index (χ0v) is 18.8. The third kappa shape index (κ3) is 9.92. The van der Waals surface area contributed by atoms with E-state index in [-0.39, 0.29) is 18.2 Å².